The predicted molar refractivity (Wildman–Crippen MR) is 64.4 cm³/mol. The average molecular weight is 265 g/mol. The van der Waals surface area contributed by atoms with E-state index in [1.54, 1.807) is 13.0 Å². The number of hydrogen-bond donors (Lipinski definition) is 1. The Bertz CT molecular complexity index is 513. The Labute approximate surface area is 110 Å². The highest BCUT2D eigenvalue weighted by atomic mass is 16.4. The summed E-state index contributed by atoms with van der Waals surface area (Å²) in [7, 11) is 0. The fourth-order valence-corrected chi connectivity index (χ4v) is 2.13. The molecule has 0 aliphatic carbocycles. The molecular formula is C13H15NO5. The summed E-state index contributed by atoms with van der Waals surface area (Å²) in [5.74, 6) is -1.44. The molecule has 0 saturated carbocycles. The Morgan fingerprint density at radius 1 is 1.32 bits per heavy atom. The Hall–Kier alpha value is -2.11. The van der Waals surface area contributed by atoms with Crippen LogP contribution >= 0.6 is 0 Å². The van der Waals surface area contributed by atoms with Crippen molar-refractivity contribution in [2.75, 3.05) is 0 Å². The van der Waals surface area contributed by atoms with Gasteiger partial charge in [-0.15, -0.1) is 0 Å². The summed E-state index contributed by atoms with van der Waals surface area (Å²) in [6.45, 7) is 1.62. The molecule has 1 aromatic rings. The summed E-state index contributed by atoms with van der Waals surface area (Å²) in [4.78, 5) is 35.6. The van der Waals surface area contributed by atoms with Crippen LogP contribution < -0.4 is 0 Å². The number of carbonyl (C=O) groups is 3. The van der Waals surface area contributed by atoms with Crippen molar-refractivity contribution in [3.63, 3.8) is 0 Å². The maximum atomic E-state index is 11.8. The van der Waals surface area contributed by atoms with Crippen LogP contribution in [0.15, 0.2) is 10.5 Å². The second kappa shape index (κ2) is 5.26. The zero-order valence-electron chi connectivity index (χ0n) is 10.6. The number of amides is 2. The molecule has 1 aromatic heterocycles. The summed E-state index contributed by atoms with van der Waals surface area (Å²) in [5, 5.41) is 8.89. The van der Waals surface area contributed by atoms with Gasteiger partial charge in [-0.05, 0) is 25.8 Å². The molecule has 19 heavy (non-hydrogen) atoms. The van der Waals surface area contributed by atoms with Gasteiger partial charge in [0, 0.05) is 18.4 Å². The molecule has 0 radical (unpaired) electrons. The van der Waals surface area contributed by atoms with Crippen LogP contribution in [0, 0.1) is 6.92 Å². The predicted octanol–water partition coefficient (Wildman–Crippen LogP) is 1.72. The minimum Gasteiger partial charge on any atom is -0.475 e. The van der Waals surface area contributed by atoms with Crippen LogP contribution in [0.4, 0.5) is 0 Å². The van der Waals surface area contributed by atoms with E-state index in [1.165, 1.54) is 0 Å². The minimum absolute atomic E-state index is 0.00574. The number of aryl methyl sites for hydroxylation is 1. The molecule has 0 atom stereocenters. The van der Waals surface area contributed by atoms with Gasteiger partial charge < -0.3 is 9.52 Å². The third kappa shape index (κ3) is 2.83. The Morgan fingerprint density at radius 2 is 1.89 bits per heavy atom. The molecule has 1 saturated heterocycles. The monoisotopic (exact) mass is 265 g/mol. The SMILES string of the molecule is Cc1cc(CN2C(=O)CCCCC2=O)oc1C(=O)O. The summed E-state index contributed by atoms with van der Waals surface area (Å²) in [6, 6.07) is 1.55. The third-order valence-electron chi connectivity index (χ3n) is 3.11. The Balaban J connectivity index is 2.19. The first-order valence-corrected chi connectivity index (χ1v) is 6.15. The van der Waals surface area contributed by atoms with Crippen LogP contribution in [0.25, 0.3) is 0 Å². The topological polar surface area (TPSA) is 87.8 Å². The molecule has 102 valence electrons. The number of likely N-dealkylation sites (tertiary alicyclic amines) is 1. The summed E-state index contributed by atoms with van der Waals surface area (Å²) >= 11 is 0. The maximum absolute atomic E-state index is 11.8. The fraction of sp³-hybridized carbons (Fsp3) is 0.462. The van der Waals surface area contributed by atoms with Crippen LogP contribution in [-0.4, -0.2) is 27.8 Å². The van der Waals surface area contributed by atoms with Gasteiger partial charge in [0.2, 0.25) is 17.6 Å². The zero-order chi connectivity index (χ0) is 14.0. The Kier molecular flexibility index (Phi) is 3.69. The number of rotatable bonds is 3. The van der Waals surface area contributed by atoms with Gasteiger partial charge in [0.1, 0.15) is 5.76 Å². The lowest BCUT2D eigenvalue weighted by atomic mass is 10.2. The highest BCUT2D eigenvalue weighted by Crippen LogP contribution is 2.19. The smallest absolute Gasteiger partial charge is 0.372 e. The van der Waals surface area contributed by atoms with E-state index in [4.69, 9.17) is 9.52 Å². The molecule has 1 fully saturated rings. The lowest BCUT2D eigenvalue weighted by Crippen LogP contribution is -2.34. The first-order valence-electron chi connectivity index (χ1n) is 6.15. The molecule has 0 unspecified atom stereocenters. The quantitative estimate of drug-likeness (QED) is 0.840. The van der Waals surface area contributed by atoms with Gasteiger partial charge in [-0.1, -0.05) is 0 Å². The van der Waals surface area contributed by atoms with Crippen molar-refractivity contribution in [1.82, 2.24) is 4.90 Å². The molecule has 6 nitrogen and oxygen atoms in total. The highest BCUT2D eigenvalue weighted by molar-refractivity contribution is 5.96. The van der Waals surface area contributed by atoms with E-state index in [0.717, 1.165) is 4.90 Å². The average Bonchev–Trinajstić information content (AvgIpc) is 2.64. The van der Waals surface area contributed by atoms with Gasteiger partial charge >= 0.3 is 5.97 Å². The minimum atomic E-state index is -1.16. The number of hydrogen-bond acceptors (Lipinski definition) is 4. The molecule has 6 heteroatoms. The molecule has 0 aromatic carbocycles. The second-order valence-corrected chi connectivity index (χ2v) is 4.61. The molecule has 2 heterocycles. The van der Waals surface area contributed by atoms with Gasteiger partial charge in [0.15, 0.2) is 0 Å². The van der Waals surface area contributed by atoms with Gasteiger partial charge in [-0.25, -0.2) is 4.79 Å². The normalized spacial score (nSPS) is 16.6. The van der Waals surface area contributed by atoms with E-state index >= 15 is 0 Å². The van der Waals surface area contributed by atoms with E-state index in [-0.39, 0.29) is 24.1 Å². The second-order valence-electron chi connectivity index (χ2n) is 4.61. The number of carboxylic acids is 1. The largest absolute Gasteiger partial charge is 0.475 e. The lowest BCUT2D eigenvalue weighted by molar-refractivity contribution is -0.144. The Morgan fingerprint density at radius 3 is 2.37 bits per heavy atom. The van der Waals surface area contributed by atoms with Gasteiger partial charge in [-0.3, -0.25) is 14.5 Å². The standard InChI is InChI=1S/C13H15NO5/c1-8-6-9(19-12(8)13(17)18)7-14-10(15)4-2-3-5-11(14)16/h6H,2-5,7H2,1H3,(H,17,18). The van der Waals surface area contributed by atoms with Gasteiger partial charge in [-0.2, -0.15) is 0 Å². The van der Waals surface area contributed by atoms with E-state index in [2.05, 4.69) is 0 Å². The van der Waals surface area contributed by atoms with Crippen LogP contribution in [-0.2, 0) is 16.1 Å². The lowest BCUT2D eigenvalue weighted by Gasteiger charge is -2.16. The molecule has 0 spiro atoms. The molecule has 2 amide bonds. The maximum Gasteiger partial charge on any atom is 0.372 e. The molecule has 2 rings (SSSR count). The first-order chi connectivity index (χ1) is 8.99. The van der Waals surface area contributed by atoms with E-state index in [0.29, 0.717) is 37.0 Å². The third-order valence-corrected chi connectivity index (χ3v) is 3.11. The van der Waals surface area contributed by atoms with Gasteiger partial charge in [0.05, 0.1) is 6.54 Å². The number of nitrogens with zero attached hydrogens (tertiary/aromatic N) is 1. The van der Waals surface area contributed by atoms with Crippen molar-refractivity contribution in [2.24, 2.45) is 0 Å². The number of carboxylic acid groups (broad SMARTS) is 1. The van der Waals surface area contributed by atoms with Crippen molar-refractivity contribution in [2.45, 2.75) is 39.2 Å². The van der Waals surface area contributed by atoms with Crippen molar-refractivity contribution in [3.8, 4) is 0 Å². The van der Waals surface area contributed by atoms with Gasteiger partial charge in [0.25, 0.3) is 0 Å². The highest BCUT2D eigenvalue weighted by Gasteiger charge is 2.26. The van der Waals surface area contributed by atoms with Crippen molar-refractivity contribution in [1.29, 1.82) is 0 Å². The van der Waals surface area contributed by atoms with Crippen molar-refractivity contribution >= 4 is 17.8 Å². The van der Waals surface area contributed by atoms with Crippen molar-refractivity contribution < 1.29 is 23.9 Å². The van der Waals surface area contributed by atoms with Crippen molar-refractivity contribution in [3.05, 3.63) is 23.2 Å². The molecule has 1 aliphatic rings. The summed E-state index contributed by atoms with van der Waals surface area (Å²) in [6.07, 6.45) is 2.10. The molecule has 1 aliphatic heterocycles. The van der Waals surface area contributed by atoms with Crippen LogP contribution in [0.2, 0.25) is 0 Å². The number of aromatic carboxylic acids is 1. The van der Waals surface area contributed by atoms with E-state index in [9.17, 15) is 14.4 Å². The first kappa shape index (κ1) is 13.3. The van der Waals surface area contributed by atoms with E-state index in [1.807, 2.05) is 0 Å². The molecule has 0 bridgehead atoms. The number of carbonyl (C=O) groups excluding carboxylic acids is 2. The van der Waals surface area contributed by atoms with E-state index < -0.39 is 5.97 Å². The number of furan rings is 1. The number of imide groups is 1. The van der Waals surface area contributed by atoms with Crippen LogP contribution in [0.3, 0.4) is 0 Å². The molecule has 1 N–H and O–H groups in total. The summed E-state index contributed by atoms with van der Waals surface area (Å²) in [5.41, 5.74) is 0.484. The summed E-state index contributed by atoms with van der Waals surface area (Å²) < 4.78 is 5.17. The molecular weight excluding hydrogens is 250 g/mol. The van der Waals surface area contributed by atoms with Crippen LogP contribution in [0.1, 0.15) is 47.6 Å². The zero-order valence-corrected chi connectivity index (χ0v) is 10.6. The van der Waals surface area contributed by atoms with Crippen LogP contribution in [0.5, 0.6) is 0 Å². The fourth-order valence-electron chi connectivity index (χ4n) is 2.13.